The Hall–Kier alpha value is -2.28. The number of carbonyl (C=O) groups excluding carboxylic acids is 1. The zero-order valence-corrected chi connectivity index (χ0v) is 13.4. The molecule has 0 N–H and O–H groups in total. The molecule has 4 heterocycles. The molecule has 1 unspecified atom stereocenters. The number of pyridine rings is 1. The summed E-state index contributed by atoms with van der Waals surface area (Å²) in [5, 5.41) is 4.12. The highest BCUT2D eigenvalue weighted by atomic mass is 16.5. The Kier molecular flexibility index (Phi) is 4.25. The minimum absolute atomic E-state index is 0.0603. The van der Waals surface area contributed by atoms with Crippen LogP contribution in [0.25, 0.3) is 0 Å². The van der Waals surface area contributed by atoms with Crippen molar-refractivity contribution < 1.29 is 14.1 Å². The minimum Gasteiger partial charge on any atom is -0.381 e. The molecule has 7 heteroatoms. The zero-order chi connectivity index (χ0) is 16.4. The van der Waals surface area contributed by atoms with Crippen molar-refractivity contribution in [3.8, 4) is 0 Å². The fourth-order valence-electron chi connectivity index (χ4n) is 3.32. The van der Waals surface area contributed by atoms with Crippen LogP contribution < -0.4 is 0 Å². The summed E-state index contributed by atoms with van der Waals surface area (Å²) < 4.78 is 10.8. The third kappa shape index (κ3) is 3.03. The topological polar surface area (TPSA) is 81.4 Å². The van der Waals surface area contributed by atoms with E-state index in [0.717, 1.165) is 31.7 Å². The summed E-state index contributed by atoms with van der Waals surface area (Å²) in [6.07, 6.45) is 5.94. The molecule has 7 nitrogen and oxygen atoms in total. The van der Waals surface area contributed by atoms with Crippen LogP contribution >= 0.6 is 0 Å². The highest BCUT2D eigenvalue weighted by Crippen LogP contribution is 2.30. The van der Waals surface area contributed by atoms with Crippen LogP contribution in [0, 0.1) is 0 Å². The molecule has 1 amide bonds. The Morgan fingerprint density at radius 1 is 1.12 bits per heavy atom. The molecular weight excluding hydrogens is 308 g/mol. The summed E-state index contributed by atoms with van der Waals surface area (Å²) in [4.78, 5) is 22.9. The Morgan fingerprint density at radius 3 is 2.62 bits per heavy atom. The number of ether oxygens (including phenoxy) is 1. The van der Waals surface area contributed by atoms with Gasteiger partial charge in [0.05, 0.1) is 6.61 Å². The first-order valence-corrected chi connectivity index (χ1v) is 8.42. The van der Waals surface area contributed by atoms with E-state index < -0.39 is 0 Å². The molecule has 0 radical (unpaired) electrons. The van der Waals surface area contributed by atoms with Crippen molar-refractivity contribution in [1.82, 2.24) is 20.0 Å². The minimum atomic E-state index is 0.0603. The Labute approximate surface area is 140 Å². The van der Waals surface area contributed by atoms with Gasteiger partial charge in [-0.2, -0.15) is 4.98 Å². The van der Waals surface area contributed by atoms with Gasteiger partial charge >= 0.3 is 0 Å². The molecule has 0 spiro atoms. The number of nitrogens with zero attached hydrogens (tertiary/aromatic N) is 4. The normalized spacial score (nSPS) is 22.0. The molecule has 2 aliphatic heterocycles. The molecule has 126 valence electrons. The van der Waals surface area contributed by atoms with Crippen molar-refractivity contribution in [3.05, 3.63) is 41.8 Å². The van der Waals surface area contributed by atoms with E-state index in [1.54, 1.807) is 24.5 Å². The van der Waals surface area contributed by atoms with Crippen LogP contribution in [0.2, 0.25) is 0 Å². The van der Waals surface area contributed by atoms with Gasteiger partial charge < -0.3 is 14.2 Å². The quantitative estimate of drug-likeness (QED) is 0.857. The summed E-state index contributed by atoms with van der Waals surface area (Å²) in [5.74, 6) is 2.02. The largest absolute Gasteiger partial charge is 0.381 e. The molecule has 1 atom stereocenters. The van der Waals surface area contributed by atoms with Crippen molar-refractivity contribution in [2.75, 3.05) is 26.3 Å². The highest BCUT2D eigenvalue weighted by molar-refractivity contribution is 5.94. The standard InChI is InChI=1S/C17H20N4O3/c22-17(13-1-6-18-7-2-13)21-8-3-12(4-9-21)16-19-15(20-24-16)14-5-10-23-11-14/h1-2,6-7,12,14H,3-5,8-11H2. The number of hydrogen-bond acceptors (Lipinski definition) is 6. The van der Waals surface area contributed by atoms with Gasteiger partial charge in [-0.25, -0.2) is 0 Å². The maximum Gasteiger partial charge on any atom is 0.253 e. The molecular formula is C17H20N4O3. The Morgan fingerprint density at radius 2 is 1.92 bits per heavy atom. The molecule has 2 aromatic heterocycles. The lowest BCUT2D eigenvalue weighted by molar-refractivity contribution is 0.0704. The van der Waals surface area contributed by atoms with E-state index in [0.29, 0.717) is 31.2 Å². The van der Waals surface area contributed by atoms with E-state index in [4.69, 9.17) is 9.26 Å². The fourth-order valence-corrected chi connectivity index (χ4v) is 3.32. The number of carbonyl (C=O) groups is 1. The van der Waals surface area contributed by atoms with Gasteiger partial charge in [-0.1, -0.05) is 5.16 Å². The second kappa shape index (κ2) is 6.68. The van der Waals surface area contributed by atoms with E-state index in [-0.39, 0.29) is 17.7 Å². The van der Waals surface area contributed by atoms with Crippen LogP contribution in [0.1, 0.15) is 53.2 Å². The number of aromatic nitrogens is 3. The van der Waals surface area contributed by atoms with E-state index in [1.165, 1.54) is 0 Å². The molecule has 2 aromatic rings. The first-order chi connectivity index (χ1) is 11.8. The molecule has 0 saturated carbocycles. The predicted octanol–water partition coefficient (Wildman–Crippen LogP) is 1.99. The van der Waals surface area contributed by atoms with Crippen LogP contribution in [0.4, 0.5) is 0 Å². The van der Waals surface area contributed by atoms with Crippen molar-refractivity contribution in [1.29, 1.82) is 0 Å². The van der Waals surface area contributed by atoms with Crippen molar-refractivity contribution in [2.45, 2.75) is 31.1 Å². The van der Waals surface area contributed by atoms with Crippen LogP contribution in [-0.2, 0) is 4.74 Å². The van der Waals surface area contributed by atoms with E-state index in [9.17, 15) is 4.79 Å². The summed E-state index contributed by atoms with van der Waals surface area (Å²) in [7, 11) is 0. The van der Waals surface area contributed by atoms with E-state index in [2.05, 4.69) is 15.1 Å². The highest BCUT2D eigenvalue weighted by Gasteiger charge is 2.30. The molecule has 0 aliphatic carbocycles. The molecule has 2 saturated heterocycles. The summed E-state index contributed by atoms with van der Waals surface area (Å²) in [5.41, 5.74) is 0.685. The fraction of sp³-hybridized carbons (Fsp3) is 0.529. The smallest absolute Gasteiger partial charge is 0.253 e. The van der Waals surface area contributed by atoms with Gasteiger partial charge in [0.15, 0.2) is 5.82 Å². The van der Waals surface area contributed by atoms with Crippen molar-refractivity contribution >= 4 is 5.91 Å². The summed E-state index contributed by atoms with van der Waals surface area (Å²) in [6.45, 7) is 2.86. The number of likely N-dealkylation sites (tertiary alicyclic amines) is 1. The Bertz CT molecular complexity index is 689. The van der Waals surface area contributed by atoms with Crippen LogP contribution in [0.5, 0.6) is 0 Å². The lowest BCUT2D eigenvalue weighted by atomic mass is 9.96. The lowest BCUT2D eigenvalue weighted by Gasteiger charge is -2.30. The zero-order valence-electron chi connectivity index (χ0n) is 13.4. The summed E-state index contributed by atoms with van der Waals surface area (Å²) >= 11 is 0. The average molecular weight is 328 g/mol. The van der Waals surface area contributed by atoms with Gasteiger partial charge in [0, 0.05) is 49.5 Å². The first-order valence-electron chi connectivity index (χ1n) is 8.42. The first kappa shape index (κ1) is 15.3. The SMILES string of the molecule is O=C(c1ccncc1)N1CCC(c2nc(C3CCOC3)no2)CC1. The predicted molar refractivity (Wildman–Crippen MR) is 84.6 cm³/mol. The van der Waals surface area contributed by atoms with Gasteiger partial charge in [0.2, 0.25) is 5.89 Å². The van der Waals surface area contributed by atoms with Crippen LogP contribution in [0.15, 0.2) is 29.0 Å². The molecule has 24 heavy (non-hydrogen) atoms. The molecule has 2 fully saturated rings. The van der Waals surface area contributed by atoms with Crippen LogP contribution in [-0.4, -0.2) is 52.2 Å². The van der Waals surface area contributed by atoms with Gasteiger partial charge in [0.1, 0.15) is 0 Å². The van der Waals surface area contributed by atoms with Gasteiger partial charge in [-0.05, 0) is 31.4 Å². The summed E-state index contributed by atoms with van der Waals surface area (Å²) in [6, 6.07) is 3.50. The number of rotatable bonds is 3. The van der Waals surface area contributed by atoms with Gasteiger partial charge in [-0.15, -0.1) is 0 Å². The molecule has 0 aromatic carbocycles. The maximum absolute atomic E-state index is 12.5. The lowest BCUT2D eigenvalue weighted by Crippen LogP contribution is -2.38. The van der Waals surface area contributed by atoms with E-state index in [1.807, 2.05) is 4.90 Å². The third-order valence-electron chi connectivity index (χ3n) is 4.81. The average Bonchev–Trinajstić information content (AvgIpc) is 3.33. The Balaban J connectivity index is 1.37. The number of hydrogen-bond donors (Lipinski definition) is 0. The monoisotopic (exact) mass is 328 g/mol. The number of piperidine rings is 1. The van der Waals surface area contributed by atoms with Gasteiger partial charge in [-0.3, -0.25) is 9.78 Å². The second-order valence-electron chi connectivity index (χ2n) is 6.35. The van der Waals surface area contributed by atoms with Gasteiger partial charge in [0.25, 0.3) is 5.91 Å². The van der Waals surface area contributed by atoms with Crippen molar-refractivity contribution in [3.63, 3.8) is 0 Å². The number of amides is 1. The third-order valence-corrected chi connectivity index (χ3v) is 4.81. The maximum atomic E-state index is 12.5. The van der Waals surface area contributed by atoms with Crippen molar-refractivity contribution in [2.24, 2.45) is 0 Å². The van der Waals surface area contributed by atoms with E-state index >= 15 is 0 Å². The molecule has 2 aliphatic rings. The second-order valence-corrected chi connectivity index (χ2v) is 6.35. The molecule has 0 bridgehead atoms. The molecule has 4 rings (SSSR count). The van der Waals surface area contributed by atoms with Crippen LogP contribution in [0.3, 0.4) is 0 Å².